The summed E-state index contributed by atoms with van der Waals surface area (Å²) in [6.07, 6.45) is 1.24. The van der Waals surface area contributed by atoms with Crippen molar-refractivity contribution in [2.24, 2.45) is 5.10 Å². The number of rotatable bonds is 6. The maximum atomic E-state index is 11.7. The molecule has 0 aliphatic heterocycles. The summed E-state index contributed by atoms with van der Waals surface area (Å²) >= 11 is 5.92. The molecule has 2 aromatic carbocycles. The van der Waals surface area contributed by atoms with Crippen LogP contribution in [0.5, 0.6) is 5.75 Å². The van der Waals surface area contributed by atoms with Crippen LogP contribution in [-0.2, 0) is 4.79 Å². The molecule has 0 aliphatic carbocycles. The van der Waals surface area contributed by atoms with E-state index in [1.807, 2.05) is 19.1 Å². The van der Waals surface area contributed by atoms with Crippen molar-refractivity contribution in [2.75, 3.05) is 6.61 Å². The molecule has 0 fully saturated rings. The van der Waals surface area contributed by atoms with Gasteiger partial charge in [0.15, 0.2) is 6.61 Å². The molecule has 0 saturated heterocycles. The maximum Gasteiger partial charge on any atom is 0.277 e. The highest BCUT2D eigenvalue weighted by molar-refractivity contribution is 6.33. The Morgan fingerprint density at radius 2 is 2.17 bits per heavy atom. The second kappa shape index (κ2) is 8.07. The Labute approximate surface area is 143 Å². The molecule has 7 nitrogen and oxygen atoms in total. The zero-order valence-electron chi connectivity index (χ0n) is 12.7. The third-order valence-corrected chi connectivity index (χ3v) is 3.29. The van der Waals surface area contributed by atoms with Crippen LogP contribution in [0.25, 0.3) is 0 Å². The average molecular weight is 348 g/mol. The van der Waals surface area contributed by atoms with Crippen LogP contribution in [0.1, 0.15) is 11.1 Å². The molecule has 2 rings (SSSR count). The molecule has 0 heterocycles. The molecule has 1 amide bonds. The molecule has 24 heavy (non-hydrogen) atoms. The second-order valence-electron chi connectivity index (χ2n) is 4.86. The van der Waals surface area contributed by atoms with Crippen LogP contribution in [0, 0.1) is 17.0 Å². The van der Waals surface area contributed by atoms with Gasteiger partial charge in [0.25, 0.3) is 11.6 Å². The Morgan fingerprint density at radius 3 is 2.88 bits per heavy atom. The number of non-ortho nitro benzene ring substituents is 1. The van der Waals surface area contributed by atoms with Crippen LogP contribution >= 0.6 is 11.6 Å². The number of carbonyl (C=O) groups is 1. The van der Waals surface area contributed by atoms with E-state index >= 15 is 0 Å². The molecule has 124 valence electrons. The highest BCUT2D eigenvalue weighted by atomic mass is 35.5. The van der Waals surface area contributed by atoms with E-state index in [2.05, 4.69) is 10.5 Å². The predicted octanol–water partition coefficient (Wildman–Crippen LogP) is 3.09. The van der Waals surface area contributed by atoms with Gasteiger partial charge in [-0.15, -0.1) is 0 Å². The lowest BCUT2D eigenvalue weighted by Gasteiger charge is -2.05. The van der Waals surface area contributed by atoms with Crippen LogP contribution in [0.15, 0.2) is 47.6 Å². The van der Waals surface area contributed by atoms with E-state index in [1.54, 1.807) is 12.1 Å². The third kappa shape index (κ3) is 5.06. The molecule has 0 aliphatic rings. The van der Waals surface area contributed by atoms with Gasteiger partial charge in [0, 0.05) is 22.7 Å². The van der Waals surface area contributed by atoms with E-state index in [-0.39, 0.29) is 17.3 Å². The number of hydrazone groups is 1. The number of nitrogens with zero attached hydrogens (tertiary/aromatic N) is 2. The zero-order valence-corrected chi connectivity index (χ0v) is 13.5. The third-order valence-electron chi connectivity index (χ3n) is 2.94. The highest BCUT2D eigenvalue weighted by Crippen LogP contribution is 2.20. The van der Waals surface area contributed by atoms with Crippen molar-refractivity contribution in [2.45, 2.75) is 6.92 Å². The van der Waals surface area contributed by atoms with Crippen molar-refractivity contribution in [3.05, 3.63) is 68.7 Å². The molecule has 0 atom stereocenters. The summed E-state index contributed by atoms with van der Waals surface area (Å²) in [7, 11) is 0. The maximum absolute atomic E-state index is 11.7. The van der Waals surface area contributed by atoms with Crippen LogP contribution in [0.3, 0.4) is 0 Å². The van der Waals surface area contributed by atoms with E-state index in [0.29, 0.717) is 11.3 Å². The zero-order chi connectivity index (χ0) is 17.5. The SMILES string of the molecule is Cc1cccc(OCC(=O)NN=Cc2cc([N+](=O)[O-])ccc2Cl)c1. The van der Waals surface area contributed by atoms with Crippen LogP contribution < -0.4 is 10.2 Å². The number of aryl methyl sites for hydroxylation is 1. The first kappa shape index (κ1) is 17.4. The normalized spacial score (nSPS) is 10.6. The molecular weight excluding hydrogens is 334 g/mol. The second-order valence-corrected chi connectivity index (χ2v) is 5.27. The van der Waals surface area contributed by atoms with Crippen molar-refractivity contribution < 1.29 is 14.5 Å². The first-order valence-electron chi connectivity index (χ1n) is 6.91. The van der Waals surface area contributed by atoms with Crippen LogP contribution in [-0.4, -0.2) is 23.7 Å². The number of hydrogen-bond donors (Lipinski definition) is 1. The van der Waals surface area contributed by atoms with Gasteiger partial charge in [-0.05, 0) is 30.7 Å². The Morgan fingerprint density at radius 1 is 1.38 bits per heavy atom. The van der Waals surface area contributed by atoms with Crippen molar-refractivity contribution >= 4 is 29.4 Å². The first-order valence-corrected chi connectivity index (χ1v) is 7.29. The Balaban J connectivity index is 1.90. The molecule has 1 N–H and O–H groups in total. The Kier molecular flexibility index (Phi) is 5.86. The van der Waals surface area contributed by atoms with Gasteiger partial charge in [0.05, 0.1) is 11.1 Å². The predicted molar refractivity (Wildman–Crippen MR) is 90.5 cm³/mol. The summed E-state index contributed by atoms with van der Waals surface area (Å²) in [6.45, 7) is 1.71. The fourth-order valence-electron chi connectivity index (χ4n) is 1.80. The summed E-state index contributed by atoms with van der Waals surface area (Å²) in [6, 6.07) is 11.2. The minimum Gasteiger partial charge on any atom is -0.484 e. The van der Waals surface area contributed by atoms with Crippen molar-refractivity contribution in [3.8, 4) is 5.75 Å². The van der Waals surface area contributed by atoms with Gasteiger partial charge >= 0.3 is 0 Å². The number of nitro benzene ring substituents is 1. The van der Waals surface area contributed by atoms with Gasteiger partial charge < -0.3 is 4.74 Å². The first-order chi connectivity index (χ1) is 11.5. The minimum absolute atomic E-state index is 0.116. The van der Waals surface area contributed by atoms with Gasteiger partial charge in [-0.2, -0.15) is 5.10 Å². The van der Waals surface area contributed by atoms with Crippen LogP contribution in [0.4, 0.5) is 5.69 Å². The fourth-order valence-corrected chi connectivity index (χ4v) is 1.97. The smallest absolute Gasteiger partial charge is 0.277 e. The number of hydrogen-bond acceptors (Lipinski definition) is 5. The van der Waals surface area contributed by atoms with Gasteiger partial charge in [-0.3, -0.25) is 14.9 Å². The lowest BCUT2D eigenvalue weighted by Crippen LogP contribution is -2.24. The summed E-state index contributed by atoms with van der Waals surface area (Å²) in [4.78, 5) is 21.8. The van der Waals surface area contributed by atoms with Gasteiger partial charge in [-0.25, -0.2) is 5.43 Å². The molecule has 0 unspecified atom stereocenters. The molecular formula is C16H14ClN3O4. The molecule has 0 bridgehead atoms. The quantitative estimate of drug-likeness (QED) is 0.493. The van der Waals surface area contributed by atoms with E-state index in [4.69, 9.17) is 16.3 Å². The lowest BCUT2D eigenvalue weighted by atomic mass is 10.2. The summed E-state index contributed by atoms with van der Waals surface area (Å²) in [5, 5.41) is 14.7. The standard InChI is InChI=1S/C16H14ClN3O4/c1-11-3-2-4-14(7-11)24-10-16(21)19-18-9-12-8-13(20(22)23)5-6-15(12)17/h2-9H,10H2,1H3,(H,19,21). The van der Waals surface area contributed by atoms with E-state index in [0.717, 1.165) is 5.56 Å². The monoisotopic (exact) mass is 347 g/mol. The molecule has 0 spiro atoms. The van der Waals surface area contributed by atoms with Crippen molar-refractivity contribution in [1.29, 1.82) is 0 Å². The molecule has 2 aromatic rings. The van der Waals surface area contributed by atoms with E-state index < -0.39 is 10.8 Å². The van der Waals surface area contributed by atoms with E-state index in [9.17, 15) is 14.9 Å². The van der Waals surface area contributed by atoms with Crippen molar-refractivity contribution in [3.63, 3.8) is 0 Å². The van der Waals surface area contributed by atoms with E-state index in [1.165, 1.54) is 24.4 Å². The number of halogens is 1. The topological polar surface area (TPSA) is 93.8 Å². The molecule has 0 aromatic heterocycles. The van der Waals surface area contributed by atoms with Crippen LogP contribution in [0.2, 0.25) is 5.02 Å². The Bertz CT molecular complexity index is 793. The lowest BCUT2D eigenvalue weighted by molar-refractivity contribution is -0.384. The number of nitrogens with one attached hydrogen (secondary N) is 1. The van der Waals surface area contributed by atoms with Crippen molar-refractivity contribution in [1.82, 2.24) is 5.43 Å². The number of carbonyl (C=O) groups excluding carboxylic acids is 1. The minimum atomic E-state index is -0.540. The summed E-state index contributed by atoms with van der Waals surface area (Å²) < 4.78 is 5.32. The number of nitro groups is 1. The van der Waals surface area contributed by atoms with Gasteiger partial charge in [0.1, 0.15) is 5.75 Å². The van der Waals surface area contributed by atoms with Gasteiger partial charge in [0.2, 0.25) is 0 Å². The number of ether oxygens (including phenoxy) is 1. The molecule has 0 radical (unpaired) electrons. The number of amides is 1. The summed E-state index contributed by atoms with van der Waals surface area (Å²) in [5.41, 5.74) is 3.50. The Hall–Kier alpha value is -2.93. The fraction of sp³-hybridized carbons (Fsp3) is 0.125. The average Bonchev–Trinajstić information content (AvgIpc) is 2.54. The largest absolute Gasteiger partial charge is 0.484 e. The summed E-state index contributed by atoms with van der Waals surface area (Å²) in [5.74, 6) is 0.116. The molecule has 8 heteroatoms. The van der Waals surface area contributed by atoms with Gasteiger partial charge in [-0.1, -0.05) is 23.7 Å². The number of benzene rings is 2. The molecule has 0 saturated carbocycles. The highest BCUT2D eigenvalue weighted by Gasteiger charge is 2.08.